The number of benzene rings is 1. The first-order chi connectivity index (χ1) is 10.9. The van der Waals surface area contributed by atoms with Crippen LogP contribution in [0.25, 0.3) is 22.2 Å². The van der Waals surface area contributed by atoms with E-state index in [1.165, 1.54) is 12.1 Å². The lowest BCUT2D eigenvalue weighted by Crippen LogP contribution is -2.14. The van der Waals surface area contributed by atoms with Crippen molar-refractivity contribution in [2.45, 2.75) is 20.4 Å². The molecule has 0 unspecified atom stereocenters. The van der Waals surface area contributed by atoms with Gasteiger partial charge < -0.3 is 4.57 Å². The van der Waals surface area contributed by atoms with Gasteiger partial charge in [0.1, 0.15) is 11.6 Å². The number of ketones is 1. The molecule has 5 heteroatoms. The van der Waals surface area contributed by atoms with Crippen LogP contribution in [0, 0.1) is 17.6 Å². The van der Waals surface area contributed by atoms with Crippen molar-refractivity contribution in [1.82, 2.24) is 9.55 Å². The maximum atomic E-state index is 13.4. The number of hydrogen-bond acceptors (Lipinski definition) is 2. The van der Waals surface area contributed by atoms with E-state index >= 15 is 0 Å². The highest BCUT2D eigenvalue weighted by Gasteiger charge is 2.12. The van der Waals surface area contributed by atoms with E-state index in [0.717, 1.165) is 17.1 Å². The van der Waals surface area contributed by atoms with Crippen LogP contribution in [-0.4, -0.2) is 15.3 Å². The lowest BCUT2D eigenvalue weighted by Gasteiger charge is -2.08. The zero-order chi connectivity index (χ0) is 16.6. The van der Waals surface area contributed by atoms with Crippen LogP contribution in [0.4, 0.5) is 8.78 Å². The summed E-state index contributed by atoms with van der Waals surface area (Å²) in [4.78, 5) is 16.3. The van der Waals surface area contributed by atoms with Crippen LogP contribution in [0.3, 0.4) is 0 Å². The number of hydrogen-bond donors (Lipinski definition) is 0. The number of nitrogens with zero attached hydrogens (tertiary/aromatic N) is 2. The molecule has 0 aliphatic carbocycles. The van der Waals surface area contributed by atoms with Crippen molar-refractivity contribution < 1.29 is 13.6 Å². The number of halogens is 2. The van der Waals surface area contributed by atoms with Crippen LogP contribution in [0.1, 0.15) is 13.8 Å². The Morgan fingerprint density at radius 2 is 1.83 bits per heavy atom. The van der Waals surface area contributed by atoms with E-state index in [2.05, 4.69) is 4.98 Å². The molecule has 0 aliphatic rings. The van der Waals surface area contributed by atoms with Gasteiger partial charge in [-0.3, -0.25) is 9.78 Å². The van der Waals surface area contributed by atoms with Gasteiger partial charge >= 0.3 is 0 Å². The van der Waals surface area contributed by atoms with E-state index in [4.69, 9.17) is 0 Å². The molecule has 0 radical (unpaired) electrons. The van der Waals surface area contributed by atoms with Crippen molar-refractivity contribution in [2.75, 3.05) is 0 Å². The first-order valence-electron chi connectivity index (χ1n) is 7.38. The summed E-state index contributed by atoms with van der Waals surface area (Å²) in [5, 5.41) is 0. The van der Waals surface area contributed by atoms with Crippen molar-refractivity contribution in [3.05, 3.63) is 54.4 Å². The minimum Gasteiger partial charge on any atom is -0.339 e. The van der Waals surface area contributed by atoms with Crippen LogP contribution < -0.4 is 0 Å². The number of Topliss-reactive ketones (excluding diaryl/α,β-unsaturated/α-hetero) is 1. The van der Waals surface area contributed by atoms with Crippen LogP contribution >= 0.6 is 0 Å². The molecule has 1 aromatic carbocycles. The SMILES string of the molecule is CC(C)C(=O)Cn1ccc2ncc(-c3cc(F)cc(F)c3)cc21. The highest BCUT2D eigenvalue weighted by molar-refractivity contribution is 5.85. The second kappa shape index (κ2) is 5.91. The van der Waals surface area contributed by atoms with Crippen LogP contribution in [0.2, 0.25) is 0 Å². The lowest BCUT2D eigenvalue weighted by molar-refractivity contribution is -0.122. The van der Waals surface area contributed by atoms with Crippen molar-refractivity contribution >= 4 is 16.8 Å². The molecule has 0 saturated carbocycles. The fourth-order valence-corrected chi connectivity index (χ4v) is 2.43. The molecule has 23 heavy (non-hydrogen) atoms. The molecule has 3 aromatic rings. The molecule has 2 heterocycles. The molecule has 0 bridgehead atoms. The molecule has 0 fully saturated rings. The van der Waals surface area contributed by atoms with Crippen molar-refractivity contribution in [1.29, 1.82) is 0 Å². The second-order valence-corrected chi connectivity index (χ2v) is 5.85. The second-order valence-electron chi connectivity index (χ2n) is 5.85. The van der Waals surface area contributed by atoms with Gasteiger partial charge in [-0.25, -0.2) is 8.78 Å². The summed E-state index contributed by atoms with van der Waals surface area (Å²) in [6, 6.07) is 6.97. The number of carbonyl (C=O) groups is 1. The Kier molecular flexibility index (Phi) is 3.94. The number of fused-ring (bicyclic) bond motifs is 1. The summed E-state index contributed by atoms with van der Waals surface area (Å²) in [7, 11) is 0. The predicted octanol–water partition coefficient (Wildman–Crippen LogP) is 4.21. The summed E-state index contributed by atoms with van der Waals surface area (Å²) in [5.74, 6) is -1.21. The third-order valence-electron chi connectivity index (χ3n) is 3.79. The molecule has 0 aliphatic heterocycles. The van der Waals surface area contributed by atoms with Gasteiger partial charge in [0.15, 0.2) is 5.78 Å². The van der Waals surface area contributed by atoms with Gasteiger partial charge in [0.2, 0.25) is 0 Å². The Morgan fingerprint density at radius 1 is 1.13 bits per heavy atom. The van der Waals surface area contributed by atoms with Crippen molar-refractivity contribution in [3.8, 4) is 11.1 Å². The quantitative estimate of drug-likeness (QED) is 0.723. The topological polar surface area (TPSA) is 34.9 Å². The smallest absolute Gasteiger partial charge is 0.155 e. The highest BCUT2D eigenvalue weighted by atomic mass is 19.1. The molecule has 0 atom stereocenters. The van der Waals surface area contributed by atoms with E-state index in [-0.39, 0.29) is 18.2 Å². The average molecular weight is 314 g/mol. The maximum Gasteiger partial charge on any atom is 0.155 e. The highest BCUT2D eigenvalue weighted by Crippen LogP contribution is 2.25. The monoisotopic (exact) mass is 314 g/mol. The molecule has 3 nitrogen and oxygen atoms in total. The van der Waals surface area contributed by atoms with E-state index in [9.17, 15) is 13.6 Å². The molecule has 0 saturated heterocycles. The van der Waals surface area contributed by atoms with Crippen LogP contribution in [0.15, 0.2) is 42.7 Å². The minimum absolute atomic E-state index is 0.0547. The Hall–Kier alpha value is -2.56. The van der Waals surface area contributed by atoms with E-state index in [0.29, 0.717) is 11.1 Å². The number of aromatic nitrogens is 2. The maximum absolute atomic E-state index is 13.4. The van der Waals surface area contributed by atoms with E-state index < -0.39 is 11.6 Å². The molecule has 0 amide bonds. The lowest BCUT2D eigenvalue weighted by atomic mass is 10.1. The van der Waals surface area contributed by atoms with Gasteiger partial charge in [0.25, 0.3) is 0 Å². The first kappa shape index (κ1) is 15.3. The normalized spacial score (nSPS) is 11.3. The molecule has 118 valence electrons. The Balaban J connectivity index is 2.05. The summed E-state index contributed by atoms with van der Waals surface area (Å²) in [5.41, 5.74) is 2.52. The molecular weight excluding hydrogens is 298 g/mol. The summed E-state index contributed by atoms with van der Waals surface area (Å²) in [6.07, 6.45) is 3.37. The van der Waals surface area contributed by atoms with Gasteiger partial charge in [-0.1, -0.05) is 13.8 Å². The Bertz CT molecular complexity index is 864. The predicted molar refractivity (Wildman–Crippen MR) is 84.9 cm³/mol. The molecular formula is C18H16F2N2O. The van der Waals surface area contributed by atoms with Crippen molar-refractivity contribution in [3.63, 3.8) is 0 Å². The van der Waals surface area contributed by atoms with Gasteiger partial charge in [-0.05, 0) is 29.8 Å². The standard InChI is InChI=1S/C18H16F2N2O/c1-11(2)18(23)10-22-4-3-16-17(22)7-13(9-21-16)12-5-14(19)8-15(20)6-12/h3-9,11H,10H2,1-2H3. The average Bonchev–Trinajstić information content (AvgIpc) is 2.88. The zero-order valence-electron chi connectivity index (χ0n) is 12.9. The molecule has 2 aromatic heterocycles. The van der Waals surface area contributed by atoms with Crippen LogP contribution in [0.5, 0.6) is 0 Å². The summed E-state index contributed by atoms with van der Waals surface area (Å²) >= 11 is 0. The zero-order valence-corrected chi connectivity index (χ0v) is 12.9. The van der Waals surface area contributed by atoms with Crippen LogP contribution in [-0.2, 0) is 11.3 Å². The number of carbonyl (C=O) groups excluding carboxylic acids is 1. The summed E-state index contributed by atoms with van der Waals surface area (Å²) in [6.45, 7) is 3.96. The number of rotatable bonds is 4. The van der Waals surface area contributed by atoms with E-state index in [1.54, 1.807) is 18.5 Å². The fraction of sp³-hybridized carbons (Fsp3) is 0.222. The van der Waals surface area contributed by atoms with Gasteiger partial charge in [-0.15, -0.1) is 0 Å². The minimum atomic E-state index is -0.634. The molecule has 3 rings (SSSR count). The Labute approximate surface area is 132 Å². The van der Waals surface area contributed by atoms with Gasteiger partial charge in [-0.2, -0.15) is 0 Å². The number of pyridine rings is 1. The summed E-state index contributed by atoms with van der Waals surface area (Å²) < 4.78 is 28.6. The van der Waals surface area contributed by atoms with Gasteiger partial charge in [0.05, 0.1) is 17.6 Å². The fourth-order valence-electron chi connectivity index (χ4n) is 2.43. The third kappa shape index (κ3) is 3.13. The first-order valence-corrected chi connectivity index (χ1v) is 7.38. The molecule has 0 N–H and O–H groups in total. The van der Waals surface area contributed by atoms with Crippen molar-refractivity contribution in [2.24, 2.45) is 5.92 Å². The van der Waals surface area contributed by atoms with Gasteiger partial charge in [0, 0.05) is 29.9 Å². The largest absolute Gasteiger partial charge is 0.339 e. The molecule has 0 spiro atoms. The van der Waals surface area contributed by atoms with E-state index in [1.807, 2.05) is 24.5 Å². The Morgan fingerprint density at radius 3 is 2.48 bits per heavy atom. The third-order valence-corrected chi connectivity index (χ3v) is 3.79.